The lowest BCUT2D eigenvalue weighted by Crippen LogP contribution is -2.08. The molecule has 2 heteroatoms. The van der Waals surface area contributed by atoms with Crippen LogP contribution in [-0.2, 0) is 4.79 Å². The number of nitrogens with zero attached hydrogens (tertiary/aromatic N) is 1. The highest BCUT2D eigenvalue weighted by Crippen LogP contribution is 2.14. The highest BCUT2D eigenvalue weighted by atomic mass is 16.1. The molecule has 1 atom stereocenters. The van der Waals surface area contributed by atoms with Gasteiger partial charge in [0.05, 0.1) is 11.6 Å². The number of hydrogen-bond donors (Lipinski definition) is 0. The van der Waals surface area contributed by atoms with Gasteiger partial charge in [-0.05, 0) is 25.5 Å². The smallest absolute Gasteiger partial charge is 0.141 e. The van der Waals surface area contributed by atoms with Gasteiger partial charge >= 0.3 is 0 Å². The number of aryl methyl sites for hydroxylation is 1. The monoisotopic (exact) mass is 177 g/mol. The summed E-state index contributed by atoms with van der Waals surface area (Å²) in [7, 11) is 0. The van der Waals surface area contributed by atoms with E-state index in [0.717, 1.165) is 11.3 Å². The Morgan fingerprint density at radius 1 is 1.54 bits per heavy atom. The van der Waals surface area contributed by atoms with Crippen LogP contribution in [0.2, 0.25) is 0 Å². The average molecular weight is 177 g/mol. The summed E-state index contributed by atoms with van der Waals surface area (Å²) >= 11 is 0. The molecule has 0 amide bonds. The quantitative estimate of drug-likeness (QED) is 0.710. The molecule has 0 radical (unpaired) electrons. The fourth-order valence-electron chi connectivity index (χ4n) is 1.21. The number of Topliss-reactive ketones (excluding diaryl/α,β-unsaturated/α-hetero) is 1. The molecule has 1 heterocycles. The van der Waals surface area contributed by atoms with Gasteiger partial charge in [-0.15, -0.1) is 0 Å². The van der Waals surface area contributed by atoms with Crippen LogP contribution in [0.5, 0.6) is 0 Å². The topological polar surface area (TPSA) is 30.0 Å². The summed E-state index contributed by atoms with van der Waals surface area (Å²) in [5.41, 5.74) is 2.00. The van der Waals surface area contributed by atoms with Crippen molar-refractivity contribution in [1.29, 1.82) is 0 Å². The van der Waals surface area contributed by atoms with E-state index in [1.54, 1.807) is 6.20 Å². The zero-order valence-corrected chi connectivity index (χ0v) is 8.37. The minimum absolute atomic E-state index is 0.0643. The van der Waals surface area contributed by atoms with Gasteiger partial charge in [0.1, 0.15) is 5.78 Å². The van der Waals surface area contributed by atoms with Crippen LogP contribution >= 0.6 is 0 Å². The number of pyridine rings is 1. The maximum atomic E-state index is 11.4. The maximum Gasteiger partial charge on any atom is 0.141 e. The Morgan fingerprint density at radius 2 is 2.23 bits per heavy atom. The fraction of sp³-hybridized carbons (Fsp3) is 0.455. The first-order valence-corrected chi connectivity index (χ1v) is 4.60. The van der Waals surface area contributed by atoms with E-state index in [0.29, 0.717) is 6.42 Å². The molecule has 1 rings (SSSR count). The molecule has 0 aliphatic carbocycles. The van der Waals surface area contributed by atoms with Gasteiger partial charge in [-0.3, -0.25) is 9.78 Å². The van der Waals surface area contributed by atoms with E-state index >= 15 is 0 Å². The first-order chi connectivity index (χ1) is 6.15. The van der Waals surface area contributed by atoms with E-state index in [4.69, 9.17) is 0 Å². The van der Waals surface area contributed by atoms with Crippen molar-refractivity contribution in [3.63, 3.8) is 0 Å². The van der Waals surface area contributed by atoms with Crippen molar-refractivity contribution in [1.82, 2.24) is 4.98 Å². The third-order valence-corrected chi connectivity index (χ3v) is 2.21. The van der Waals surface area contributed by atoms with Crippen LogP contribution in [0.1, 0.15) is 37.4 Å². The third kappa shape index (κ3) is 2.38. The molecule has 0 saturated heterocycles. The molecule has 70 valence electrons. The SMILES string of the molecule is CCC(=O)C(C)c1ccc(C)cn1. The van der Waals surface area contributed by atoms with Crippen molar-refractivity contribution in [2.24, 2.45) is 0 Å². The minimum atomic E-state index is -0.0643. The van der Waals surface area contributed by atoms with E-state index in [2.05, 4.69) is 4.98 Å². The van der Waals surface area contributed by atoms with Crippen LogP contribution in [0, 0.1) is 6.92 Å². The molecule has 0 saturated carbocycles. The minimum Gasteiger partial charge on any atom is -0.299 e. The summed E-state index contributed by atoms with van der Waals surface area (Å²) in [6.07, 6.45) is 2.38. The van der Waals surface area contributed by atoms with E-state index < -0.39 is 0 Å². The Bertz CT molecular complexity index is 289. The lowest BCUT2D eigenvalue weighted by atomic mass is 10.00. The van der Waals surface area contributed by atoms with Gasteiger partial charge in [0.15, 0.2) is 0 Å². The third-order valence-electron chi connectivity index (χ3n) is 2.21. The summed E-state index contributed by atoms with van der Waals surface area (Å²) in [5, 5.41) is 0. The van der Waals surface area contributed by atoms with Crippen LogP contribution in [0.3, 0.4) is 0 Å². The second kappa shape index (κ2) is 4.17. The maximum absolute atomic E-state index is 11.4. The zero-order valence-electron chi connectivity index (χ0n) is 8.37. The summed E-state index contributed by atoms with van der Waals surface area (Å²) in [6, 6.07) is 3.91. The number of aromatic nitrogens is 1. The Kier molecular flexibility index (Phi) is 3.18. The van der Waals surface area contributed by atoms with Crippen molar-refractivity contribution in [3.05, 3.63) is 29.6 Å². The largest absolute Gasteiger partial charge is 0.299 e. The summed E-state index contributed by atoms with van der Waals surface area (Å²) in [4.78, 5) is 15.6. The highest BCUT2D eigenvalue weighted by Gasteiger charge is 2.13. The first kappa shape index (κ1) is 9.90. The van der Waals surface area contributed by atoms with Gasteiger partial charge in [-0.25, -0.2) is 0 Å². The molecule has 0 aliphatic heterocycles. The number of carbonyl (C=O) groups is 1. The lowest BCUT2D eigenvalue weighted by Gasteiger charge is -2.07. The van der Waals surface area contributed by atoms with Gasteiger partial charge in [0, 0.05) is 12.6 Å². The molecule has 1 aromatic rings. The fourth-order valence-corrected chi connectivity index (χ4v) is 1.21. The molecule has 1 unspecified atom stereocenters. The summed E-state index contributed by atoms with van der Waals surface area (Å²) in [5.74, 6) is 0.182. The van der Waals surface area contributed by atoms with E-state index in [1.807, 2.05) is 32.9 Å². The standard InChI is InChI=1S/C11H15NO/c1-4-11(13)9(3)10-6-5-8(2)7-12-10/h5-7,9H,4H2,1-3H3. The second-order valence-electron chi connectivity index (χ2n) is 3.30. The van der Waals surface area contributed by atoms with E-state index in [9.17, 15) is 4.79 Å². The highest BCUT2D eigenvalue weighted by molar-refractivity contribution is 5.84. The molecule has 0 bridgehead atoms. The van der Waals surface area contributed by atoms with Gasteiger partial charge in [0.2, 0.25) is 0 Å². The van der Waals surface area contributed by atoms with Gasteiger partial charge in [-0.1, -0.05) is 13.0 Å². The van der Waals surface area contributed by atoms with Gasteiger partial charge < -0.3 is 0 Å². The average Bonchev–Trinajstić information content (AvgIpc) is 2.17. The second-order valence-corrected chi connectivity index (χ2v) is 3.30. The molecule has 0 N–H and O–H groups in total. The molecular weight excluding hydrogens is 162 g/mol. The number of hydrogen-bond acceptors (Lipinski definition) is 2. The lowest BCUT2D eigenvalue weighted by molar-refractivity contribution is -0.119. The Balaban J connectivity index is 2.83. The number of carbonyl (C=O) groups excluding carboxylic acids is 1. The van der Waals surface area contributed by atoms with Gasteiger partial charge in [-0.2, -0.15) is 0 Å². The van der Waals surface area contributed by atoms with Gasteiger partial charge in [0.25, 0.3) is 0 Å². The van der Waals surface area contributed by atoms with E-state index in [1.165, 1.54) is 0 Å². The molecule has 0 fully saturated rings. The van der Waals surface area contributed by atoms with Crippen molar-refractivity contribution in [2.45, 2.75) is 33.1 Å². The summed E-state index contributed by atoms with van der Waals surface area (Å²) in [6.45, 7) is 5.78. The number of ketones is 1. The molecule has 13 heavy (non-hydrogen) atoms. The summed E-state index contributed by atoms with van der Waals surface area (Å²) < 4.78 is 0. The molecule has 0 aromatic carbocycles. The predicted molar refractivity (Wildman–Crippen MR) is 52.7 cm³/mol. The van der Waals surface area contributed by atoms with E-state index in [-0.39, 0.29) is 11.7 Å². The Labute approximate surface area is 79.0 Å². The molecule has 2 nitrogen and oxygen atoms in total. The van der Waals surface area contributed by atoms with Crippen LogP contribution in [0.4, 0.5) is 0 Å². The first-order valence-electron chi connectivity index (χ1n) is 4.60. The number of rotatable bonds is 3. The van der Waals surface area contributed by atoms with Crippen LogP contribution in [0.25, 0.3) is 0 Å². The van der Waals surface area contributed by atoms with Crippen LogP contribution < -0.4 is 0 Å². The Hall–Kier alpha value is -1.18. The van der Waals surface area contributed by atoms with Crippen LogP contribution in [0.15, 0.2) is 18.3 Å². The van der Waals surface area contributed by atoms with Crippen molar-refractivity contribution in [3.8, 4) is 0 Å². The molecule has 0 aliphatic rings. The molecular formula is C11H15NO. The normalized spacial score (nSPS) is 12.5. The van der Waals surface area contributed by atoms with Crippen molar-refractivity contribution < 1.29 is 4.79 Å². The van der Waals surface area contributed by atoms with Crippen molar-refractivity contribution in [2.75, 3.05) is 0 Å². The molecule has 0 spiro atoms. The van der Waals surface area contributed by atoms with Crippen LogP contribution in [-0.4, -0.2) is 10.8 Å². The van der Waals surface area contributed by atoms with Crippen molar-refractivity contribution >= 4 is 5.78 Å². The predicted octanol–water partition coefficient (Wildman–Crippen LogP) is 2.47. The Morgan fingerprint density at radius 3 is 2.69 bits per heavy atom. The zero-order chi connectivity index (χ0) is 9.84. The molecule has 1 aromatic heterocycles.